The summed E-state index contributed by atoms with van der Waals surface area (Å²) in [5.74, 6) is 0.111. The maximum absolute atomic E-state index is 10.0. The number of oxazole rings is 1. The van der Waals surface area contributed by atoms with Gasteiger partial charge < -0.3 is 9.52 Å². The molecule has 3 aromatic rings. The van der Waals surface area contributed by atoms with Crippen LogP contribution in [0.15, 0.2) is 64.0 Å². The molecule has 0 aliphatic carbocycles. The lowest BCUT2D eigenvalue weighted by Gasteiger charge is -1.98. The highest BCUT2D eigenvalue weighted by molar-refractivity contribution is 6.78. The molecule has 1 aromatic heterocycles. The Kier molecular flexibility index (Phi) is 3.24. The summed E-state index contributed by atoms with van der Waals surface area (Å²) >= 11 is 6.21. The lowest BCUT2D eigenvalue weighted by Crippen LogP contribution is -1.87. The smallest absolute Gasteiger partial charge is 0.310 e. The molecule has 0 bridgehead atoms. The van der Waals surface area contributed by atoms with E-state index in [1.807, 2.05) is 54.6 Å². The lowest BCUT2D eigenvalue weighted by molar-refractivity contribution is 0.336. The van der Waals surface area contributed by atoms with E-state index >= 15 is 0 Å². The fourth-order valence-corrected chi connectivity index (χ4v) is 2.72. The zero-order valence-electron chi connectivity index (χ0n) is 11.9. The Hall–Kier alpha value is -2.85. The zero-order valence-corrected chi connectivity index (χ0v) is 12.7. The number of aliphatic imine (C=N–C) groups is 1. The van der Waals surface area contributed by atoms with Crippen molar-refractivity contribution < 1.29 is 9.52 Å². The number of aromatic hydroxyl groups is 1. The standard InChI is InChI=1S/C18H11ClN2O2/c19-16-13(12-8-4-5-9-14(12)20-16)10-15-18(22)23-17(21-15)11-6-2-1-3-7-11/h1-10,22H/b13-10+. The Bertz CT molecular complexity index is 943. The third kappa shape index (κ3) is 2.43. The number of hydrogen-bond donors (Lipinski definition) is 1. The Labute approximate surface area is 137 Å². The van der Waals surface area contributed by atoms with Crippen LogP contribution in [0.2, 0.25) is 0 Å². The summed E-state index contributed by atoms with van der Waals surface area (Å²) in [7, 11) is 0. The van der Waals surface area contributed by atoms with Crippen LogP contribution in [0.4, 0.5) is 5.69 Å². The van der Waals surface area contributed by atoms with E-state index < -0.39 is 0 Å². The highest BCUT2D eigenvalue weighted by atomic mass is 35.5. The van der Waals surface area contributed by atoms with Gasteiger partial charge in [-0.05, 0) is 24.3 Å². The van der Waals surface area contributed by atoms with Crippen LogP contribution in [-0.4, -0.2) is 15.3 Å². The highest BCUT2D eigenvalue weighted by Gasteiger charge is 2.21. The molecule has 23 heavy (non-hydrogen) atoms. The molecule has 0 amide bonds. The van der Waals surface area contributed by atoms with Gasteiger partial charge in [-0.15, -0.1) is 0 Å². The fourth-order valence-electron chi connectivity index (χ4n) is 2.47. The number of hydrogen-bond acceptors (Lipinski definition) is 4. The number of rotatable bonds is 2. The van der Waals surface area contributed by atoms with Gasteiger partial charge in [0.15, 0.2) is 0 Å². The molecule has 4 rings (SSSR count). The van der Waals surface area contributed by atoms with Crippen molar-refractivity contribution in [3.8, 4) is 17.4 Å². The summed E-state index contributed by atoms with van der Waals surface area (Å²) < 4.78 is 5.35. The Morgan fingerprint density at radius 1 is 1.00 bits per heavy atom. The van der Waals surface area contributed by atoms with E-state index in [4.69, 9.17) is 16.0 Å². The first-order valence-corrected chi connectivity index (χ1v) is 7.41. The van der Waals surface area contributed by atoms with Gasteiger partial charge in [0.25, 0.3) is 0 Å². The number of benzene rings is 2. The molecule has 0 radical (unpaired) electrons. The first-order chi connectivity index (χ1) is 11.2. The van der Waals surface area contributed by atoms with Gasteiger partial charge in [-0.3, -0.25) is 0 Å². The molecular weight excluding hydrogens is 312 g/mol. The summed E-state index contributed by atoms with van der Waals surface area (Å²) in [5, 5.41) is 10.4. The largest absolute Gasteiger partial charge is 0.479 e. The molecule has 0 fully saturated rings. The second-order valence-corrected chi connectivity index (χ2v) is 5.41. The quantitative estimate of drug-likeness (QED) is 0.732. The van der Waals surface area contributed by atoms with Gasteiger partial charge >= 0.3 is 5.95 Å². The number of nitrogens with zero attached hydrogens (tertiary/aromatic N) is 2. The van der Waals surface area contributed by atoms with Crippen molar-refractivity contribution in [2.75, 3.05) is 0 Å². The molecule has 4 nitrogen and oxygen atoms in total. The van der Waals surface area contributed by atoms with E-state index in [0.717, 1.165) is 16.8 Å². The predicted molar refractivity (Wildman–Crippen MR) is 90.9 cm³/mol. The van der Waals surface area contributed by atoms with Crippen molar-refractivity contribution >= 4 is 34.1 Å². The molecule has 112 valence electrons. The molecule has 5 heteroatoms. The van der Waals surface area contributed by atoms with Crippen LogP contribution >= 0.6 is 11.6 Å². The van der Waals surface area contributed by atoms with Gasteiger partial charge in [0, 0.05) is 16.7 Å². The van der Waals surface area contributed by atoms with Crippen LogP contribution in [-0.2, 0) is 0 Å². The fraction of sp³-hybridized carbons (Fsp3) is 0. The van der Waals surface area contributed by atoms with E-state index in [2.05, 4.69) is 9.98 Å². The molecule has 0 atom stereocenters. The van der Waals surface area contributed by atoms with Crippen molar-refractivity contribution in [1.29, 1.82) is 0 Å². The number of halogens is 1. The number of aromatic nitrogens is 1. The number of fused-ring (bicyclic) bond motifs is 1. The van der Waals surface area contributed by atoms with E-state index in [-0.39, 0.29) is 5.95 Å². The lowest BCUT2D eigenvalue weighted by atomic mass is 10.1. The van der Waals surface area contributed by atoms with Crippen LogP contribution in [0.5, 0.6) is 5.95 Å². The van der Waals surface area contributed by atoms with Crippen molar-refractivity contribution in [2.45, 2.75) is 0 Å². The maximum atomic E-state index is 10.0. The molecule has 2 heterocycles. The molecule has 0 unspecified atom stereocenters. The minimum atomic E-state index is -0.245. The monoisotopic (exact) mass is 322 g/mol. The first kappa shape index (κ1) is 13.8. The van der Waals surface area contributed by atoms with Gasteiger partial charge in [0.1, 0.15) is 10.9 Å². The average Bonchev–Trinajstić information content (AvgIpc) is 3.10. The summed E-state index contributed by atoms with van der Waals surface area (Å²) in [6.07, 6.45) is 1.68. The zero-order chi connectivity index (χ0) is 15.8. The molecular formula is C18H11ClN2O2. The minimum Gasteiger partial charge on any atom is -0.479 e. The molecule has 0 spiro atoms. The van der Waals surface area contributed by atoms with E-state index in [0.29, 0.717) is 22.3 Å². The van der Waals surface area contributed by atoms with Crippen molar-refractivity contribution in [3.05, 3.63) is 65.9 Å². The summed E-state index contributed by atoms with van der Waals surface area (Å²) in [6, 6.07) is 17.0. The Morgan fingerprint density at radius 3 is 2.57 bits per heavy atom. The molecule has 1 N–H and O–H groups in total. The van der Waals surface area contributed by atoms with Gasteiger partial charge in [-0.25, -0.2) is 9.98 Å². The van der Waals surface area contributed by atoms with E-state index in [1.54, 1.807) is 6.08 Å². The normalized spacial score (nSPS) is 14.8. The molecule has 1 aliphatic rings. The van der Waals surface area contributed by atoms with Crippen LogP contribution in [0, 0.1) is 0 Å². The molecule has 0 saturated carbocycles. The third-order valence-corrected chi connectivity index (χ3v) is 3.86. The number of para-hydroxylation sites is 1. The van der Waals surface area contributed by atoms with Crippen LogP contribution in [0.3, 0.4) is 0 Å². The topological polar surface area (TPSA) is 58.6 Å². The van der Waals surface area contributed by atoms with Crippen molar-refractivity contribution in [2.24, 2.45) is 4.99 Å². The highest BCUT2D eigenvalue weighted by Crippen LogP contribution is 2.38. The average molecular weight is 323 g/mol. The van der Waals surface area contributed by atoms with Crippen molar-refractivity contribution in [3.63, 3.8) is 0 Å². The summed E-state index contributed by atoms with van der Waals surface area (Å²) in [4.78, 5) is 8.64. The molecule has 1 aliphatic heterocycles. The van der Waals surface area contributed by atoms with Crippen molar-refractivity contribution in [1.82, 2.24) is 4.98 Å². The summed E-state index contributed by atoms with van der Waals surface area (Å²) in [5.41, 5.74) is 3.53. The summed E-state index contributed by atoms with van der Waals surface area (Å²) in [6.45, 7) is 0. The Balaban J connectivity index is 1.78. The predicted octanol–water partition coefficient (Wildman–Crippen LogP) is 4.87. The van der Waals surface area contributed by atoms with Crippen LogP contribution in [0.1, 0.15) is 11.3 Å². The maximum Gasteiger partial charge on any atom is 0.310 e. The second-order valence-electron chi connectivity index (χ2n) is 5.05. The van der Waals surface area contributed by atoms with Crippen LogP contribution < -0.4 is 0 Å². The molecule has 2 aromatic carbocycles. The van der Waals surface area contributed by atoms with E-state index in [1.165, 1.54) is 0 Å². The number of allylic oxidation sites excluding steroid dienone is 1. The molecule has 0 saturated heterocycles. The third-order valence-electron chi connectivity index (χ3n) is 3.57. The van der Waals surface area contributed by atoms with Gasteiger partial charge in [0.2, 0.25) is 5.89 Å². The van der Waals surface area contributed by atoms with Crippen LogP contribution in [0.25, 0.3) is 23.1 Å². The Morgan fingerprint density at radius 2 is 1.74 bits per heavy atom. The van der Waals surface area contributed by atoms with Gasteiger partial charge in [-0.1, -0.05) is 48.0 Å². The second kappa shape index (κ2) is 5.41. The SMILES string of the molecule is Oc1oc(-c2ccccc2)nc1/C=C1/C(Cl)=Nc2ccccc21. The van der Waals surface area contributed by atoms with Gasteiger partial charge in [-0.2, -0.15) is 0 Å². The minimum absolute atomic E-state index is 0.245. The van der Waals surface area contributed by atoms with E-state index in [9.17, 15) is 5.11 Å². The first-order valence-electron chi connectivity index (χ1n) is 7.03. The van der Waals surface area contributed by atoms with Gasteiger partial charge in [0.05, 0.1) is 5.69 Å².